The van der Waals surface area contributed by atoms with Gasteiger partial charge in [-0.2, -0.15) is 0 Å². The summed E-state index contributed by atoms with van der Waals surface area (Å²) in [6, 6.07) is 7.29. The minimum absolute atomic E-state index is 0.00549. The Morgan fingerprint density at radius 2 is 1.95 bits per heavy atom. The van der Waals surface area contributed by atoms with E-state index in [-0.39, 0.29) is 17.9 Å². The lowest BCUT2D eigenvalue weighted by atomic mass is 9.88. The number of aliphatic hydroxyl groups excluding tert-OH is 1. The van der Waals surface area contributed by atoms with E-state index in [0.717, 1.165) is 18.4 Å². The molecular formula is C15H22ClNO2. The van der Waals surface area contributed by atoms with Crippen molar-refractivity contribution >= 4 is 17.5 Å². The van der Waals surface area contributed by atoms with Crippen molar-refractivity contribution in [2.45, 2.75) is 32.6 Å². The van der Waals surface area contributed by atoms with Crippen LogP contribution in [0.2, 0.25) is 0 Å². The number of carbonyl (C=O) groups is 1. The Labute approximate surface area is 120 Å². The lowest BCUT2D eigenvalue weighted by molar-refractivity contribution is 0.0933. The van der Waals surface area contributed by atoms with E-state index < -0.39 is 0 Å². The van der Waals surface area contributed by atoms with Crippen LogP contribution in [0.4, 0.5) is 0 Å². The van der Waals surface area contributed by atoms with Gasteiger partial charge in [-0.15, -0.1) is 11.6 Å². The molecule has 3 nitrogen and oxygen atoms in total. The Kier molecular flexibility index (Phi) is 6.32. The van der Waals surface area contributed by atoms with E-state index in [4.69, 9.17) is 16.7 Å². The smallest absolute Gasteiger partial charge is 0.251 e. The van der Waals surface area contributed by atoms with Gasteiger partial charge in [-0.25, -0.2) is 0 Å². The van der Waals surface area contributed by atoms with Gasteiger partial charge in [-0.1, -0.05) is 26.0 Å². The molecule has 0 saturated carbocycles. The molecule has 0 saturated heterocycles. The number of benzene rings is 1. The van der Waals surface area contributed by atoms with Crippen LogP contribution in [0.25, 0.3) is 0 Å². The number of amides is 1. The minimum atomic E-state index is -0.0711. The summed E-state index contributed by atoms with van der Waals surface area (Å²) in [6.07, 6.45) is 1.64. The SMILES string of the molecule is CC(C)(CCCO)CNC(=O)c1ccc(CCl)cc1. The molecule has 1 rings (SSSR count). The van der Waals surface area contributed by atoms with E-state index in [1.165, 1.54) is 0 Å². The van der Waals surface area contributed by atoms with Gasteiger partial charge in [0.2, 0.25) is 0 Å². The fourth-order valence-corrected chi connectivity index (χ4v) is 1.99. The van der Waals surface area contributed by atoms with Crippen molar-refractivity contribution in [3.05, 3.63) is 35.4 Å². The number of hydrogen-bond acceptors (Lipinski definition) is 2. The molecule has 1 amide bonds. The second-order valence-electron chi connectivity index (χ2n) is 5.50. The molecule has 0 aliphatic carbocycles. The number of hydrogen-bond donors (Lipinski definition) is 2. The Morgan fingerprint density at radius 1 is 1.32 bits per heavy atom. The first-order valence-corrected chi connectivity index (χ1v) is 7.06. The van der Waals surface area contributed by atoms with E-state index in [9.17, 15) is 4.79 Å². The van der Waals surface area contributed by atoms with Crippen LogP contribution in [0.5, 0.6) is 0 Å². The van der Waals surface area contributed by atoms with Crippen molar-refractivity contribution in [2.24, 2.45) is 5.41 Å². The minimum Gasteiger partial charge on any atom is -0.396 e. The van der Waals surface area contributed by atoms with Crippen molar-refractivity contribution < 1.29 is 9.90 Å². The predicted octanol–water partition coefficient (Wildman–Crippen LogP) is 2.95. The summed E-state index contributed by atoms with van der Waals surface area (Å²) in [5, 5.41) is 11.8. The molecule has 19 heavy (non-hydrogen) atoms. The van der Waals surface area contributed by atoms with Gasteiger partial charge in [0.05, 0.1) is 0 Å². The summed E-state index contributed by atoms with van der Waals surface area (Å²) < 4.78 is 0. The van der Waals surface area contributed by atoms with E-state index in [2.05, 4.69) is 19.2 Å². The van der Waals surface area contributed by atoms with Crippen molar-refractivity contribution in [3.8, 4) is 0 Å². The Morgan fingerprint density at radius 3 is 2.47 bits per heavy atom. The first kappa shape index (κ1) is 16.0. The number of alkyl halides is 1. The maximum atomic E-state index is 12.0. The maximum Gasteiger partial charge on any atom is 0.251 e. The summed E-state index contributed by atoms with van der Waals surface area (Å²) in [6.45, 7) is 4.96. The molecule has 0 aliphatic heterocycles. The largest absolute Gasteiger partial charge is 0.396 e. The van der Waals surface area contributed by atoms with Gasteiger partial charge in [0.1, 0.15) is 0 Å². The van der Waals surface area contributed by atoms with E-state index in [0.29, 0.717) is 18.0 Å². The average molecular weight is 284 g/mol. The van der Waals surface area contributed by atoms with Gasteiger partial charge in [0, 0.05) is 24.6 Å². The van der Waals surface area contributed by atoms with Crippen molar-refractivity contribution in [2.75, 3.05) is 13.2 Å². The molecule has 0 unspecified atom stereocenters. The number of nitrogens with one attached hydrogen (secondary N) is 1. The fourth-order valence-electron chi connectivity index (χ4n) is 1.81. The number of carbonyl (C=O) groups excluding carboxylic acids is 1. The highest BCUT2D eigenvalue weighted by atomic mass is 35.5. The summed E-state index contributed by atoms with van der Waals surface area (Å²) in [5.41, 5.74) is 1.64. The Bertz CT molecular complexity index is 401. The van der Waals surface area contributed by atoms with Crippen LogP contribution in [-0.2, 0) is 5.88 Å². The lowest BCUT2D eigenvalue weighted by Crippen LogP contribution is -2.34. The van der Waals surface area contributed by atoms with Gasteiger partial charge in [-0.3, -0.25) is 4.79 Å². The molecular weight excluding hydrogens is 262 g/mol. The second kappa shape index (κ2) is 7.51. The lowest BCUT2D eigenvalue weighted by Gasteiger charge is -2.24. The normalized spacial score (nSPS) is 11.4. The first-order chi connectivity index (χ1) is 8.98. The molecule has 0 aliphatic rings. The third kappa shape index (κ3) is 5.62. The van der Waals surface area contributed by atoms with Gasteiger partial charge in [0.25, 0.3) is 5.91 Å². The molecule has 0 spiro atoms. The average Bonchev–Trinajstić information content (AvgIpc) is 2.43. The molecule has 0 radical (unpaired) electrons. The third-order valence-corrected chi connectivity index (χ3v) is 3.42. The number of halogens is 1. The molecule has 0 fully saturated rings. The summed E-state index contributed by atoms with van der Waals surface area (Å²) in [4.78, 5) is 12.0. The van der Waals surface area contributed by atoms with Crippen molar-refractivity contribution in [3.63, 3.8) is 0 Å². The molecule has 1 aromatic rings. The van der Waals surface area contributed by atoms with E-state index in [1.807, 2.05) is 12.1 Å². The second-order valence-corrected chi connectivity index (χ2v) is 5.77. The van der Waals surface area contributed by atoms with Gasteiger partial charge in [-0.05, 0) is 36.0 Å². The highest BCUT2D eigenvalue weighted by molar-refractivity contribution is 6.17. The van der Waals surface area contributed by atoms with Gasteiger partial charge >= 0.3 is 0 Å². The zero-order valence-electron chi connectivity index (χ0n) is 11.6. The number of aliphatic hydroxyl groups is 1. The zero-order chi connectivity index (χ0) is 14.3. The number of rotatable bonds is 7. The van der Waals surface area contributed by atoms with E-state index >= 15 is 0 Å². The molecule has 0 heterocycles. The van der Waals surface area contributed by atoms with Crippen molar-refractivity contribution in [1.29, 1.82) is 0 Å². The first-order valence-electron chi connectivity index (χ1n) is 6.52. The van der Waals surface area contributed by atoms with Gasteiger partial charge in [0.15, 0.2) is 0 Å². The van der Waals surface area contributed by atoms with Crippen LogP contribution in [-0.4, -0.2) is 24.2 Å². The van der Waals surface area contributed by atoms with Crippen molar-refractivity contribution in [1.82, 2.24) is 5.32 Å². The summed E-state index contributed by atoms with van der Waals surface area (Å²) >= 11 is 5.71. The van der Waals surface area contributed by atoms with Gasteiger partial charge < -0.3 is 10.4 Å². The monoisotopic (exact) mass is 283 g/mol. The Hall–Kier alpha value is -1.06. The molecule has 0 bridgehead atoms. The molecule has 106 valence electrons. The molecule has 1 aromatic carbocycles. The summed E-state index contributed by atoms with van der Waals surface area (Å²) in [7, 11) is 0. The van der Waals surface area contributed by atoms with Crippen LogP contribution in [0.1, 0.15) is 42.6 Å². The van der Waals surface area contributed by atoms with Crippen LogP contribution in [0.3, 0.4) is 0 Å². The van der Waals surface area contributed by atoms with Crippen LogP contribution in [0, 0.1) is 5.41 Å². The molecule has 4 heteroatoms. The Balaban J connectivity index is 2.50. The highest BCUT2D eigenvalue weighted by Gasteiger charge is 2.18. The molecule has 2 N–H and O–H groups in total. The predicted molar refractivity (Wildman–Crippen MR) is 78.4 cm³/mol. The standard InChI is InChI=1S/C15H22ClNO2/c1-15(2,8-3-9-18)11-17-14(19)13-6-4-12(10-16)5-7-13/h4-7,18H,3,8-11H2,1-2H3,(H,17,19). The quantitative estimate of drug-likeness (QED) is 0.756. The molecule has 0 aromatic heterocycles. The molecule has 0 atom stereocenters. The van der Waals surface area contributed by atoms with E-state index in [1.54, 1.807) is 12.1 Å². The zero-order valence-corrected chi connectivity index (χ0v) is 12.3. The van der Waals surface area contributed by atoms with Crippen LogP contribution in [0.15, 0.2) is 24.3 Å². The van der Waals surface area contributed by atoms with Crippen LogP contribution < -0.4 is 5.32 Å². The fraction of sp³-hybridized carbons (Fsp3) is 0.533. The topological polar surface area (TPSA) is 49.3 Å². The maximum absolute atomic E-state index is 12.0. The highest BCUT2D eigenvalue weighted by Crippen LogP contribution is 2.20. The summed E-state index contributed by atoms with van der Waals surface area (Å²) in [5.74, 6) is 0.383. The third-order valence-electron chi connectivity index (χ3n) is 3.11. The van der Waals surface area contributed by atoms with Crippen LogP contribution >= 0.6 is 11.6 Å².